The number of ether oxygens (including phenoxy) is 1. The molecule has 3 heteroatoms. The van der Waals surface area contributed by atoms with Crippen LogP contribution in [0.25, 0.3) is 0 Å². The molecule has 0 aliphatic heterocycles. The summed E-state index contributed by atoms with van der Waals surface area (Å²) < 4.78 is 5.02. The van der Waals surface area contributed by atoms with Crippen molar-refractivity contribution in [2.24, 2.45) is 17.8 Å². The van der Waals surface area contributed by atoms with Crippen molar-refractivity contribution in [2.75, 3.05) is 27.2 Å². The van der Waals surface area contributed by atoms with Crippen LogP contribution in [0.5, 0.6) is 0 Å². The van der Waals surface area contributed by atoms with Crippen LogP contribution in [0.1, 0.15) is 155 Å². The number of esters is 1. The van der Waals surface area contributed by atoms with E-state index in [-0.39, 0.29) is 5.97 Å². The molecule has 0 radical (unpaired) electrons. The molecule has 3 atom stereocenters. The van der Waals surface area contributed by atoms with Crippen LogP contribution in [0, 0.1) is 17.8 Å². The molecule has 0 heterocycles. The van der Waals surface area contributed by atoms with Gasteiger partial charge in [0.2, 0.25) is 0 Å². The Bertz CT molecular complexity index is 478. The summed E-state index contributed by atoms with van der Waals surface area (Å²) in [5, 5.41) is 0. The predicted molar refractivity (Wildman–Crippen MR) is 153 cm³/mol. The molecule has 1 rings (SSSR count). The maximum absolute atomic E-state index is 11.4. The van der Waals surface area contributed by atoms with Crippen molar-refractivity contribution in [1.29, 1.82) is 0 Å². The van der Waals surface area contributed by atoms with Gasteiger partial charge in [0.1, 0.15) is 0 Å². The number of hydrogen-bond acceptors (Lipinski definition) is 3. The average Bonchev–Trinajstić information content (AvgIpc) is 3.57. The highest BCUT2D eigenvalue weighted by atomic mass is 16.5. The predicted octanol–water partition coefficient (Wildman–Crippen LogP) is 9.58. The summed E-state index contributed by atoms with van der Waals surface area (Å²) >= 11 is 0. The summed E-state index contributed by atoms with van der Waals surface area (Å²) in [5.41, 5.74) is 0. The largest absolute Gasteiger partial charge is 0.466 e. The van der Waals surface area contributed by atoms with E-state index in [1.54, 1.807) is 0 Å². The van der Waals surface area contributed by atoms with Crippen LogP contribution in [-0.2, 0) is 9.53 Å². The van der Waals surface area contributed by atoms with Crippen molar-refractivity contribution in [2.45, 2.75) is 155 Å². The Hall–Kier alpha value is -0.570. The Labute approximate surface area is 220 Å². The highest BCUT2D eigenvalue weighted by molar-refractivity contribution is 5.69. The minimum Gasteiger partial charge on any atom is -0.466 e. The van der Waals surface area contributed by atoms with E-state index in [2.05, 4.69) is 25.9 Å². The molecule has 0 aromatic carbocycles. The molecule has 1 fully saturated rings. The second-order valence-electron chi connectivity index (χ2n) is 11.9. The SMILES string of the molecule is CCCCCCCCCC(CCCCCCCCCCC1CC1CCCC(=O)OCC)CN(C)C. The van der Waals surface area contributed by atoms with Crippen molar-refractivity contribution < 1.29 is 9.53 Å². The molecule has 0 bridgehead atoms. The van der Waals surface area contributed by atoms with E-state index in [0.29, 0.717) is 13.0 Å². The molecule has 208 valence electrons. The van der Waals surface area contributed by atoms with Gasteiger partial charge in [-0.2, -0.15) is 0 Å². The van der Waals surface area contributed by atoms with Gasteiger partial charge in [-0.3, -0.25) is 4.79 Å². The third-order valence-electron chi connectivity index (χ3n) is 8.11. The van der Waals surface area contributed by atoms with Crippen molar-refractivity contribution in [3.8, 4) is 0 Å². The van der Waals surface area contributed by atoms with Crippen molar-refractivity contribution in [1.82, 2.24) is 4.90 Å². The van der Waals surface area contributed by atoms with E-state index in [1.807, 2.05) is 6.92 Å². The molecule has 3 nitrogen and oxygen atoms in total. The zero-order valence-corrected chi connectivity index (χ0v) is 24.5. The molecule has 1 aliphatic rings. The molecule has 0 aromatic heterocycles. The van der Waals surface area contributed by atoms with E-state index < -0.39 is 0 Å². The summed E-state index contributed by atoms with van der Waals surface area (Å²) in [7, 11) is 4.49. The minimum absolute atomic E-state index is 0.0124. The lowest BCUT2D eigenvalue weighted by molar-refractivity contribution is -0.143. The van der Waals surface area contributed by atoms with Crippen LogP contribution >= 0.6 is 0 Å². The van der Waals surface area contributed by atoms with Crippen molar-refractivity contribution in [3.05, 3.63) is 0 Å². The first-order chi connectivity index (χ1) is 17.1. The van der Waals surface area contributed by atoms with Crippen LogP contribution in [-0.4, -0.2) is 38.1 Å². The number of carbonyl (C=O) groups excluding carboxylic acids is 1. The first kappa shape index (κ1) is 32.5. The topological polar surface area (TPSA) is 29.5 Å². The smallest absolute Gasteiger partial charge is 0.305 e. The monoisotopic (exact) mass is 493 g/mol. The van der Waals surface area contributed by atoms with Gasteiger partial charge in [-0.25, -0.2) is 0 Å². The molecular formula is C32H63NO2. The van der Waals surface area contributed by atoms with Gasteiger partial charge in [-0.05, 0) is 70.9 Å². The summed E-state index contributed by atoms with van der Waals surface area (Å²) in [4.78, 5) is 13.8. The average molecular weight is 494 g/mol. The maximum Gasteiger partial charge on any atom is 0.305 e. The number of hydrogen-bond donors (Lipinski definition) is 0. The number of rotatable bonds is 26. The Kier molecular flexibility index (Phi) is 21.0. The van der Waals surface area contributed by atoms with Crippen LogP contribution in [0.4, 0.5) is 0 Å². The van der Waals surface area contributed by atoms with Gasteiger partial charge in [0.15, 0.2) is 0 Å². The van der Waals surface area contributed by atoms with Crippen LogP contribution < -0.4 is 0 Å². The highest BCUT2D eigenvalue weighted by Gasteiger charge is 2.35. The second kappa shape index (κ2) is 22.6. The standard InChI is InChI=1S/C32H63NO2/c1-5-7-8-9-12-15-18-22-29(28-33(3)4)23-19-16-13-10-11-14-17-20-24-30-27-31(30)25-21-26-32(34)35-6-2/h29-31H,5-28H2,1-4H3. The molecule has 0 saturated heterocycles. The number of unbranched alkanes of at least 4 members (excludes halogenated alkanes) is 13. The normalized spacial score (nSPS) is 18.2. The Balaban J connectivity index is 1.89. The highest BCUT2D eigenvalue weighted by Crippen LogP contribution is 2.45. The lowest BCUT2D eigenvalue weighted by atomic mass is 9.93. The lowest BCUT2D eigenvalue weighted by Gasteiger charge is -2.21. The fourth-order valence-electron chi connectivity index (χ4n) is 5.89. The fourth-order valence-corrected chi connectivity index (χ4v) is 5.89. The summed E-state index contributed by atoms with van der Waals surface area (Å²) in [6.45, 7) is 5.98. The van der Waals surface area contributed by atoms with Gasteiger partial charge in [-0.1, -0.05) is 110 Å². The zero-order chi connectivity index (χ0) is 25.6. The fraction of sp³-hybridized carbons (Fsp3) is 0.969. The van der Waals surface area contributed by atoms with E-state index in [9.17, 15) is 4.79 Å². The molecule has 1 aliphatic carbocycles. The Morgan fingerprint density at radius 1 is 0.714 bits per heavy atom. The molecule has 35 heavy (non-hydrogen) atoms. The van der Waals surface area contributed by atoms with Crippen molar-refractivity contribution in [3.63, 3.8) is 0 Å². The summed E-state index contributed by atoms with van der Waals surface area (Å²) in [6.07, 6.45) is 30.1. The second-order valence-corrected chi connectivity index (χ2v) is 11.9. The molecule has 3 unspecified atom stereocenters. The van der Waals surface area contributed by atoms with E-state index in [4.69, 9.17) is 4.74 Å². The number of carbonyl (C=O) groups is 1. The third-order valence-corrected chi connectivity index (χ3v) is 8.11. The van der Waals surface area contributed by atoms with E-state index >= 15 is 0 Å². The third kappa shape index (κ3) is 20.2. The van der Waals surface area contributed by atoms with Gasteiger partial charge < -0.3 is 9.64 Å². The maximum atomic E-state index is 11.4. The van der Waals surface area contributed by atoms with Gasteiger partial charge in [0.25, 0.3) is 0 Å². The summed E-state index contributed by atoms with van der Waals surface area (Å²) in [6, 6.07) is 0. The van der Waals surface area contributed by atoms with Gasteiger partial charge in [0.05, 0.1) is 6.61 Å². The summed E-state index contributed by atoms with van der Waals surface area (Å²) in [5.74, 6) is 2.78. The van der Waals surface area contributed by atoms with Gasteiger partial charge in [-0.15, -0.1) is 0 Å². The Morgan fingerprint density at radius 3 is 1.71 bits per heavy atom. The van der Waals surface area contributed by atoms with Crippen LogP contribution in [0.3, 0.4) is 0 Å². The van der Waals surface area contributed by atoms with Crippen molar-refractivity contribution >= 4 is 5.97 Å². The molecule has 1 saturated carbocycles. The van der Waals surface area contributed by atoms with Crippen LogP contribution in [0.15, 0.2) is 0 Å². The van der Waals surface area contributed by atoms with Gasteiger partial charge >= 0.3 is 5.97 Å². The molecule has 0 amide bonds. The minimum atomic E-state index is -0.0124. The molecule has 0 spiro atoms. The van der Waals surface area contributed by atoms with Crippen LogP contribution in [0.2, 0.25) is 0 Å². The lowest BCUT2D eigenvalue weighted by Crippen LogP contribution is -2.21. The molecule has 0 aromatic rings. The van der Waals surface area contributed by atoms with E-state index in [0.717, 1.165) is 24.2 Å². The van der Waals surface area contributed by atoms with E-state index in [1.165, 1.54) is 135 Å². The molecule has 0 N–H and O–H groups in total. The van der Waals surface area contributed by atoms with Gasteiger partial charge in [0, 0.05) is 13.0 Å². The first-order valence-corrected chi connectivity index (χ1v) is 15.9. The quantitative estimate of drug-likeness (QED) is 0.0887. The first-order valence-electron chi connectivity index (χ1n) is 15.9. The molecular weight excluding hydrogens is 430 g/mol. The number of nitrogens with zero attached hydrogens (tertiary/aromatic N) is 1. The Morgan fingerprint density at radius 2 is 1.20 bits per heavy atom. The zero-order valence-electron chi connectivity index (χ0n) is 24.5.